The van der Waals surface area contributed by atoms with Crippen LogP contribution in [-0.2, 0) is 0 Å². The summed E-state index contributed by atoms with van der Waals surface area (Å²) in [5.74, 6) is -0.157. The van der Waals surface area contributed by atoms with Crippen molar-refractivity contribution in [3.63, 3.8) is 0 Å². The van der Waals surface area contributed by atoms with Gasteiger partial charge in [0, 0.05) is 30.7 Å². The van der Waals surface area contributed by atoms with Gasteiger partial charge in [-0.05, 0) is 57.0 Å². The maximum atomic E-state index is 13.1. The molecule has 0 amide bonds. The van der Waals surface area contributed by atoms with E-state index in [4.69, 9.17) is 0 Å². The number of rotatable bonds is 8. The van der Waals surface area contributed by atoms with Crippen molar-refractivity contribution < 1.29 is 4.39 Å². The van der Waals surface area contributed by atoms with Gasteiger partial charge in [-0.2, -0.15) is 0 Å². The van der Waals surface area contributed by atoms with E-state index in [-0.39, 0.29) is 5.82 Å². The molecular formula is C18H29FN2. The summed E-state index contributed by atoms with van der Waals surface area (Å²) in [5, 5.41) is 3.62. The summed E-state index contributed by atoms with van der Waals surface area (Å²) in [6, 6.07) is 6.94. The smallest absolute Gasteiger partial charge is 0.123 e. The lowest BCUT2D eigenvalue weighted by Crippen LogP contribution is -2.43. The third-order valence-corrected chi connectivity index (χ3v) is 4.69. The largest absolute Gasteiger partial charge is 0.371 e. The Morgan fingerprint density at radius 2 is 1.81 bits per heavy atom. The zero-order valence-corrected chi connectivity index (χ0v) is 13.5. The molecule has 1 N–H and O–H groups in total. The summed E-state index contributed by atoms with van der Waals surface area (Å²) in [5.41, 5.74) is 1.53. The highest BCUT2D eigenvalue weighted by molar-refractivity contribution is 5.46. The molecule has 1 aromatic carbocycles. The molecule has 1 aliphatic rings. The van der Waals surface area contributed by atoms with Crippen LogP contribution in [0.15, 0.2) is 24.3 Å². The Balaban J connectivity index is 2.04. The fraction of sp³-hybridized carbons (Fsp3) is 0.667. The quantitative estimate of drug-likeness (QED) is 0.722. The van der Waals surface area contributed by atoms with Gasteiger partial charge in [0.25, 0.3) is 0 Å². The first-order valence-corrected chi connectivity index (χ1v) is 8.40. The molecule has 0 heterocycles. The summed E-state index contributed by atoms with van der Waals surface area (Å²) in [6.45, 7) is 8.66. The fourth-order valence-electron chi connectivity index (χ4n) is 3.49. The van der Waals surface area contributed by atoms with Gasteiger partial charge < -0.3 is 10.2 Å². The highest BCUT2D eigenvalue weighted by atomic mass is 19.1. The lowest BCUT2D eigenvalue weighted by atomic mass is 9.85. The molecule has 0 atom stereocenters. The normalized spacial score (nSPS) is 17.1. The van der Waals surface area contributed by atoms with Gasteiger partial charge in [0.05, 0.1) is 0 Å². The number of benzene rings is 1. The third kappa shape index (κ3) is 4.44. The van der Waals surface area contributed by atoms with Crippen LogP contribution in [0.25, 0.3) is 0 Å². The number of halogens is 1. The highest BCUT2D eigenvalue weighted by Crippen LogP contribution is 2.39. The lowest BCUT2D eigenvalue weighted by Gasteiger charge is -2.36. The molecule has 1 saturated carbocycles. The average Bonchev–Trinajstić information content (AvgIpc) is 2.95. The van der Waals surface area contributed by atoms with Crippen molar-refractivity contribution in [2.45, 2.75) is 46.0 Å². The monoisotopic (exact) mass is 292 g/mol. The SMILES string of the molecule is CCCNCC1(CN(CC)c2ccc(F)cc2)CCCC1. The van der Waals surface area contributed by atoms with E-state index in [9.17, 15) is 4.39 Å². The fourth-order valence-corrected chi connectivity index (χ4v) is 3.49. The Hall–Kier alpha value is -1.09. The van der Waals surface area contributed by atoms with Gasteiger partial charge in [0.2, 0.25) is 0 Å². The minimum atomic E-state index is -0.157. The van der Waals surface area contributed by atoms with Crippen molar-refractivity contribution in [3.05, 3.63) is 30.1 Å². The maximum Gasteiger partial charge on any atom is 0.123 e. The minimum absolute atomic E-state index is 0.157. The van der Waals surface area contributed by atoms with E-state index in [1.54, 1.807) is 12.1 Å². The number of hydrogen-bond acceptors (Lipinski definition) is 2. The summed E-state index contributed by atoms with van der Waals surface area (Å²) >= 11 is 0. The first-order chi connectivity index (χ1) is 10.2. The molecule has 21 heavy (non-hydrogen) atoms. The average molecular weight is 292 g/mol. The summed E-state index contributed by atoms with van der Waals surface area (Å²) < 4.78 is 13.1. The molecule has 0 aromatic heterocycles. The summed E-state index contributed by atoms with van der Waals surface area (Å²) in [6.07, 6.45) is 6.48. The Morgan fingerprint density at radius 3 is 2.38 bits per heavy atom. The van der Waals surface area contributed by atoms with Crippen molar-refractivity contribution in [3.8, 4) is 0 Å². The van der Waals surface area contributed by atoms with Crippen LogP contribution in [0.3, 0.4) is 0 Å². The Morgan fingerprint density at radius 1 is 1.14 bits per heavy atom. The molecule has 0 saturated heterocycles. The van der Waals surface area contributed by atoms with Gasteiger partial charge in [0.1, 0.15) is 5.82 Å². The van der Waals surface area contributed by atoms with Gasteiger partial charge >= 0.3 is 0 Å². The number of nitrogens with zero attached hydrogens (tertiary/aromatic N) is 1. The zero-order chi connectivity index (χ0) is 15.1. The van der Waals surface area contributed by atoms with E-state index in [1.807, 2.05) is 12.1 Å². The van der Waals surface area contributed by atoms with Gasteiger partial charge in [-0.15, -0.1) is 0 Å². The molecule has 0 radical (unpaired) electrons. The number of hydrogen-bond donors (Lipinski definition) is 1. The summed E-state index contributed by atoms with van der Waals surface area (Å²) in [4.78, 5) is 2.40. The molecular weight excluding hydrogens is 263 g/mol. The first-order valence-electron chi connectivity index (χ1n) is 8.40. The van der Waals surface area contributed by atoms with Crippen LogP contribution in [-0.4, -0.2) is 26.2 Å². The van der Waals surface area contributed by atoms with E-state index in [1.165, 1.54) is 32.1 Å². The molecule has 3 heteroatoms. The molecule has 1 aliphatic carbocycles. The van der Waals surface area contributed by atoms with Crippen LogP contribution in [0.4, 0.5) is 10.1 Å². The Labute approximate surface area is 128 Å². The standard InChI is InChI=1S/C18H29FN2/c1-3-13-20-14-18(11-5-6-12-18)15-21(4-2)17-9-7-16(19)8-10-17/h7-10,20H,3-6,11-15H2,1-2H3. The van der Waals surface area contributed by atoms with E-state index >= 15 is 0 Å². The van der Waals surface area contributed by atoms with Crippen LogP contribution in [0.1, 0.15) is 46.0 Å². The molecule has 1 fully saturated rings. The van der Waals surface area contributed by atoms with E-state index in [0.29, 0.717) is 5.41 Å². The molecule has 0 unspecified atom stereocenters. The second-order valence-electron chi connectivity index (χ2n) is 6.37. The van der Waals surface area contributed by atoms with Crippen molar-refractivity contribution >= 4 is 5.69 Å². The van der Waals surface area contributed by atoms with E-state index in [2.05, 4.69) is 24.1 Å². The van der Waals surface area contributed by atoms with E-state index in [0.717, 1.165) is 31.9 Å². The predicted octanol–water partition coefficient (Wildman–Crippen LogP) is 4.21. The minimum Gasteiger partial charge on any atom is -0.371 e. The number of anilines is 1. The molecule has 0 bridgehead atoms. The van der Waals surface area contributed by atoms with Gasteiger partial charge in [-0.1, -0.05) is 19.8 Å². The van der Waals surface area contributed by atoms with Crippen molar-refractivity contribution in [1.82, 2.24) is 5.32 Å². The molecule has 118 valence electrons. The van der Waals surface area contributed by atoms with Gasteiger partial charge in [-0.25, -0.2) is 4.39 Å². The van der Waals surface area contributed by atoms with E-state index < -0.39 is 0 Å². The third-order valence-electron chi connectivity index (χ3n) is 4.69. The van der Waals surface area contributed by atoms with Crippen LogP contribution >= 0.6 is 0 Å². The predicted molar refractivity (Wildman–Crippen MR) is 88.3 cm³/mol. The summed E-state index contributed by atoms with van der Waals surface area (Å²) in [7, 11) is 0. The van der Waals surface area contributed by atoms with Crippen LogP contribution < -0.4 is 10.2 Å². The van der Waals surface area contributed by atoms with Gasteiger partial charge in [-0.3, -0.25) is 0 Å². The highest BCUT2D eigenvalue weighted by Gasteiger charge is 2.35. The second kappa shape index (κ2) is 7.79. The van der Waals surface area contributed by atoms with Crippen LogP contribution in [0.2, 0.25) is 0 Å². The second-order valence-corrected chi connectivity index (χ2v) is 6.37. The number of nitrogens with one attached hydrogen (secondary N) is 1. The van der Waals surface area contributed by atoms with Crippen molar-refractivity contribution in [1.29, 1.82) is 0 Å². The maximum absolute atomic E-state index is 13.1. The molecule has 1 aromatic rings. The van der Waals surface area contributed by atoms with Crippen molar-refractivity contribution in [2.24, 2.45) is 5.41 Å². The molecule has 0 aliphatic heterocycles. The van der Waals surface area contributed by atoms with Crippen LogP contribution in [0.5, 0.6) is 0 Å². The Bertz CT molecular complexity index is 410. The molecule has 2 nitrogen and oxygen atoms in total. The first kappa shape index (κ1) is 16.3. The topological polar surface area (TPSA) is 15.3 Å². The van der Waals surface area contributed by atoms with Gasteiger partial charge in [0.15, 0.2) is 0 Å². The Kier molecular flexibility index (Phi) is 6.04. The van der Waals surface area contributed by atoms with Crippen molar-refractivity contribution in [2.75, 3.05) is 31.1 Å². The molecule has 2 rings (SSSR count). The van der Waals surface area contributed by atoms with Crippen LogP contribution in [0, 0.1) is 11.2 Å². The molecule has 0 spiro atoms. The lowest BCUT2D eigenvalue weighted by molar-refractivity contribution is 0.284. The zero-order valence-electron chi connectivity index (χ0n) is 13.5.